The summed E-state index contributed by atoms with van der Waals surface area (Å²) in [7, 11) is 1.63. The standard InChI is InChI=1S/C17H25N3O3/c1-12(19-17(18)22)16(21)20-11-5-3-4-6-15(20)13-7-9-14(23-2)10-8-13/h7-10,12,15H,3-6,11H2,1-2H3,(H3,18,19,22)/t12-,15-/m0/s1. The van der Waals surface area contributed by atoms with E-state index in [9.17, 15) is 9.59 Å². The summed E-state index contributed by atoms with van der Waals surface area (Å²) in [5.74, 6) is 0.704. The smallest absolute Gasteiger partial charge is 0.312 e. The number of hydrogen-bond donors (Lipinski definition) is 2. The maximum Gasteiger partial charge on any atom is 0.312 e. The Hall–Kier alpha value is -2.24. The second-order valence-corrected chi connectivity index (χ2v) is 5.90. The van der Waals surface area contributed by atoms with Gasteiger partial charge in [0.15, 0.2) is 0 Å². The highest BCUT2D eigenvalue weighted by atomic mass is 16.5. The summed E-state index contributed by atoms with van der Waals surface area (Å²) in [5, 5.41) is 2.48. The minimum atomic E-state index is -0.679. The Labute approximate surface area is 137 Å². The lowest BCUT2D eigenvalue weighted by Gasteiger charge is -2.32. The molecule has 1 saturated heterocycles. The lowest BCUT2D eigenvalue weighted by Crippen LogP contribution is -2.49. The van der Waals surface area contributed by atoms with E-state index in [2.05, 4.69) is 5.32 Å². The Balaban J connectivity index is 2.21. The first kappa shape index (κ1) is 17.1. The molecule has 1 fully saturated rings. The molecule has 1 aromatic carbocycles. The van der Waals surface area contributed by atoms with Crippen molar-refractivity contribution >= 4 is 11.9 Å². The zero-order valence-electron chi connectivity index (χ0n) is 13.7. The molecule has 0 radical (unpaired) electrons. The zero-order valence-corrected chi connectivity index (χ0v) is 13.7. The minimum absolute atomic E-state index is 0.0213. The van der Waals surface area contributed by atoms with E-state index in [1.54, 1.807) is 14.0 Å². The third kappa shape index (κ3) is 4.37. The van der Waals surface area contributed by atoms with Crippen LogP contribution in [-0.4, -0.2) is 36.5 Å². The lowest BCUT2D eigenvalue weighted by atomic mass is 10.00. The lowest BCUT2D eigenvalue weighted by molar-refractivity contribution is -0.135. The molecule has 1 aliphatic heterocycles. The number of nitrogens with two attached hydrogens (primary N) is 1. The highest BCUT2D eigenvalue weighted by Crippen LogP contribution is 2.31. The fourth-order valence-electron chi connectivity index (χ4n) is 3.07. The van der Waals surface area contributed by atoms with Crippen molar-refractivity contribution in [1.29, 1.82) is 0 Å². The molecular weight excluding hydrogens is 294 g/mol. The van der Waals surface area contributed by atoms with Gasteiger partial charge in [0.1, 0.15) is 11.8 Å². The average Bonchev–Trinajstić information content (AvgIpc) is 2.79. The number of ether oxygens (including phenoxy) is 1. The number of likely N-dealkylation sites (tertiary alicyclic amines) is 1. The van der Waals surface area contributed by atoms with Crippen LogP contribution in [0.15, 0.2) is 24.3 Å². The van der Waals surface area contributed by atoms with Gasteiger partial charge < -0.3 is 20.7 Å². The normalized spacial score (nSPS) is 19.6. The van der Waals surface area contributed by atoms with E-state index in [0.717, 1.165) is 37.0 Å². The van der Waals surface area contributed by atoms with Gasteiger partial charge in [-0.25, -0.2) is 4.79 Å². The quantitative estimate of drug-likeness (QED) is 0.892. The van der Waals surface area contributed by atoms with Gasteiger partial charge >= 0.3 is 6.03 Å². The number of rotatable bonds is 4. The molecule has 23 heavy (non-hydrogen) atoms. The number of primary amides is 1. The largest absolute Gasteiger partial charge is 0.497 e. The molecule has 126 valence electrons. The molecule has 1 aromatic rings. The van der Waals surface area contributed by atoms with E-state index in [4.69, 9.17) is 10.5 Å². The van der Waals surface area contributed by atoms with Crippen molar-refractivity contribution in [2.75, 3.05) is 13.7 Å². The van der Waals surface area contributed by atoms with Crippen molar-refractivity contribution in [3.8, 4) is 5.75 Å². The van der Waals surface area contributed by atoms with Crippen LogP contribution >= 0.6 is 0 Å². The van der Waals surface area contributed by atoms with E-state index < -0.39 is 12.1 Å². The van der Waals surface area contributed by atoms with Gasteiger partial charge in [-0.05, 0) is 37.5 Å². The molecule has 1 heterocycles. The number of hydrogen-bond acceptors (Lipinski definition) is 3. The van der Waals surface area contributed by atoms with Crippen LogP contribution in [0, 0.1) is 0 Å². The minimum Gasteiger partial charge on any atom is -0.497 e. The van der Waals surface area contributed by atoms with Crippen LogP contribution in [0.4, 0.5) is 4.79 Å². The van der Waals surface area contributed by atoms with Gasteiger partial charge in [0, 0.05) is 6.54 Å². The van der Waals surface area contributed by atoms with E-state index in [1.165, 1.54) is 0 Å². The van der Waals surface area contributed by atoms with Crippen molar-refractivity contribution in [3.63, 3.8) is 0 Å². The summed E-state index contributed by atoms with van der Waals surface area (Å²) >= 11 is 0. The van der Waals surface area contributed by atoms with Gasteiger partial charge in [-0.3, -0.25) is 4.79 Å². The summed E-state index contributed by atoms with van der Waals surface area (Å²) in [6, 6.07) is 6.55. The molecule has 2 atom stereocenters. The Morgan fingerprint density at radius 3 is 2.57 bits per heavy atom. The molecule has 0 unspecified atom stereocenters. The van der Waals surface area contributed by atoms with Crippen molar-refractivity contribution in [1.82, 2.24) is 10.2 Å². The molecule has 0 aliphatic carbocycles. The number of nitrogens with zero attached hydrogens (tertiary/aromatic N) is 1. The van der Waals surface area contributed by atoms with Crippen LogP contribution < -0.4 is 15.8 Å². The predicted octanol–water partition coefficient (Wildman–Crippen LogP) is 2.20. The van der Waals surface area contributed by atoms with Crippen LogP contribution in [0.25, 0.3) is 0 Å². The number of carbonyl (C=O) groups excluding carboxylic acids is 2. The van der Waals surface area contributed by atoms with Crippen LogP contribution in [0.2, 0.25) is 0 Å². The Bertz CT molecular complexity index is 545. The molecule has 3 N–H and O–H groups in total. The van der Waals surface area contributed by atoms with Crippen molar-refractivity contribution in [2.24, 2.45) is 5.73 Å². The first-order valence-corrected chi connectivity index (χ1v) is 8.03. The molecule has 3 amide bonds. The van der Waals surface area contributed by atoms with Crippen LogP contribution in [-0.2, 0) is 4.79 Å². The number of urea groups is 1. The van der Waals surface area contributed by atoms with E-state index in [1.807, 2.05) is 29.2 Å². The number of nitrogens with one attached hydrogen (secondary N) is 1. The second kappa shape index (κ2) is 7.85. The number of benzene rings is 1. The second-order valence-electron chi connectivity index (χ2n) is 5.90. The van der Waals surface area contributed by atoms with Crippen molar-refractivity contribution < 1.29 is 14.3 Å². The fourth-order valence-corrected chi connectivity index (χ4v) is 3.07. The zero-order chi connectivity index (χ0) is 16.8. The molecule has 0 aromatic heterocycles. The van der Waals surface area contributed by atoms with Gasteiger partial charge in [-0.2, -0.15) is 0 Å². The Morgan fingerprint density at radius 1 is 1.26 bits per heavy atom. The summed E-state index contributed by atoms with van der Waals surface area (Å²) in [6.45, 7) is 2.36. The number of methoxy groups -OCH3 is 1. The van der Waals surface area contributed by atoms with E-state index in [-0.39, 0.29) is 11.9 Å². The predicted molar refractivity (Wildman–Crippen MR) is 88.1 cm³/mol. The van der Waals surface area contributed by atoms with Crippen molar-refractivity contribution in [3.05, 3.63) is 29.8 Å². The van der Waals surface area contributed by atoms with Gasteiger partial charge in [0.2, 0.25) is 5.91 Å². The van der Waals surface area contributed by atoms with Crippen LogP contribution in [0.5, 0.6) is 5.75 Å². The monoisotopic (exact) mass is 319 g/mol. The summed E-state index contributed by atoms with van der Waals surface area (Å²) in [5.41, 5.74) is 6.22. The molecule has 0 spiro atoms. The van der Waals surface area contributed by atoms with Crippen LogP contribution in [0.3, 0.4) is 0 Å². The van der Waals surface area contributed by atoms with Gasteiger partial charge in [-0.15, -0.1) is 0 Å². The topological polar surface area (TPSA) is 84.7 Å². The van der Waals surface area contributed by atoms with Gasteiger partial charge in [0.05, 0.1) is 13.2 Å². The molecule has 0 saturated carbocycles. The maximum absolute atomic E-state index is 12.7. The highest BCUT2D eigenvalue weighted by Gasteiger charge is 2.30. The van der Waals surface area contributed by atoms with Crippen LogP contribution in [0.1, 0.15) is 44.2 Å². The molecule has 6 nitrogen and oxygen atoms in total. The third-order valence-electron chi connectivity index (χ3n) is 4.27. The fraction of sp³-hybridized carbons (Fsp3) is 0.529. The first-order valence-electron chi connectivity index (χ1n) is 8.03. The highest BCUT2D eigenvalue weighted by molar-refractivity contribution is 5.86. The Morgan fingerprint density at radius 2 is 1.96 bits per heavy atom. The maximum atomic E-state index is 12.7. The number of carbonyl (C=O) groups is 2. The van der Waals surface area contributed by atoms with Gasteiger partial charge in [-0.1, -0.05) is 25.0 Å². The molecular formula is C17H25N3O3. The SMILES string of the molecule is COc1ccc([C@@H]2CCCCCN2C(=O)[C@H](C)NC(N)=O)cc1. The van der Waals surface area contributed by atoms with Gasteiger partial charge in [0.25, 0.3) is 0 Å². The molecule has 1 aliphatic rings. The van der Waals surface area contributed by atoms with E-state index in [0.29, 0.717) is 6.54 Å². The summed E-state index contributed by atoms with van der Waals surface area (Å²) < 4.78 is 5.20. The molecule has 0 bridgehead atoms. The molecule has 2 rings (SSSR count). The third-order valence-corrected chi connectivity index (χ3v) is 4.27. The van der Waals surface area contributed by atoms with E-state index >= 15 is 0 Å². The Kier molecular flexibility index (Phi) is 5.84. The molecule has 6 heteroatoms. The average molecular weight is 319 g/mol. The first-order chi connectivity index (χ1) is 11.0. The summed E-state index contributed by atoms with van der Waals surface area (Å²) in [6.07, 6.45) is 4.08. The number of amides is 3. The summed E-state index contributed by atoms with van der Waals surface area (Å²) in [4.78, 5) is 25.6. The van der Waals surface area contributed by atoms with Crippen molar-refractivity contribution in [2.45, 2.75) is 44.7 Å².